The minimum Gasteiger partial charge on any atom is -0.476 e. The van der Waals surface area contributed by atoms with Crippen LogP contribution < -0.4 is 4.74 Å². The zero-order chi connectivity index (χ0) is 10.4. The molecule has 0 atom stereocenters. The van der Waals surface area contributed by atoms with E-state index in [1.165, 1.54) is 12.1 Å². The van der Waals surface area contributed by atoms with Gasteiger partial charge in [0.1, 0.15) is 0 Å². The van der Waals surface area contributed by atoms with Crippen molar-refractivity contribution in [2.75, 3.05) is 6.61 Å². The van der Waals surface area contributed by atoms with Gasteiger partial charge in [-0.25, -0.2) is 4.79 Å². The Labute approximate surface area is 81.0 Å². The summed E-state index contributed by atoms with van der Waals surface area (Å²) in [7, 11) is 0. The number of nitrogens with zero attached hydrogens (tertiary/aromatic N) is 2. The van der Waals surface area contributed by atoms with E-state index in [1.807, 2.05) is 0 Å². The van der Waals surface area contributed by atoms with Crippen LogP contribution in [0.25, 0.3) is 0 Å². The molecule has 0 saturated carbocycles. The Bertz CT molecular complexity index is 321. The topological polar surface area (TPSA) is 72.3 Å². The first-order chi connectivity index (χ1) is 6.74. The Morgan fingerprint density at radius 1 is 1.57 bits per heavy atom. The fraction of sp³-hybridized carbons (Fsp3) is 0.222. The third kappa shape index (κ3) is 2.85. The SMILES string of the molecule is C=CCCOc1ccc(C(=O)O)nn1. The Morgan fingerprint density at radius 2 is 2.36 bits per heavy atom. The maximum absolute atomic E-state index is 10.4. The molecule has 1 aromatic heterocycles. The third-order valence-corrected chi connectivity index (χ3v) is 1.43. The van der Waals surface area contributed by atoms with Crippen LogP contribution >= 0.6 is 0 Å². The van der Waals surface area contributed by atoms with E-state index in [9.17, 15) is 4.79 Å². The highest BCUT2D eigenvalue weighted by Crippen LogP contribution is 2.04. The molecule has 0 amide bonds. The van der Waals surface area contributed by atoms with Crippen LogP contribution in [0.5, 0.6) is 5.88 Å². The molecule has 0 radical (unpaired) electrons. The lowest BCUT2D eigenvalue weighted by Crippen LogP contribution is -2.04. The van der Waals surface area contributed by atoms with Crippen LogP contribution in [0.4, 0.5) is 0 Å². The summed E-state index contributed by atoms with van der Waals surface area (Å²) < 4.78 is 5.14. The van der Waals surface area contributed by atoms with Gasteiger partial charge in [0.15, 0.2) is 5.69 Å². The van der Waals surface area contributed by atoms with Crippen molar-refractivity contribution >= 4 is 5.97 Å². The summed E-state index contributed by atoms with van der Waals surface area (Å²) in [5.74, 6) is -0.785. The molecule has 74 valence electrons. The number of hydrogen-bond donors (Lipinski definition) is 1. The smallest absolute Gasteiger partial charge is 0.356 e. The zero-order valence-electron chi connectivity index (χ0n) is 7.51. The molecule has 0 bridgehead atoms. The van der Waals surface area contributed by atoms with Crippen LogP contribution in [0.3, 0.4) is 0 Å². The van der Waals surface area contributed by atoms with Crippen molar-refractivity contribution in [2.45, 2.75) is 6.42 Å². The summed E-state index contributed by atoms with van der Waals surface area (Å²) in [4.78, 5) is 10.4. The molecule has 0 saturated heterocycles. The van der Waals surface area contributed by atoms with Gasteiger partial charge in [-0.1, -0.05) is 6.08 Å². The molecule has 1 rings (SSSR count). The molecule has 1 N–H and O–H groups in total. The van der Waals surface area contributed by atoms with Gasteiger partial charge in [0.2, 0.25) is 5.88 Å². The Balaban J connectivity index is 2.55. The van der Waals surface area contributed by atoms with E-state index < -0.39 is 5.97 Å². The lowest BCUT2D eigenvalue weighted by atomic mass is 10.4. The van der Waals surface area contributed by atoms with Crippen molar-refractivity contribution in [1.82, 2.24) is 10.2 Å². The van der Waals surface area contributed by atoms with Gasteiger partial charge in [0.25, 0.3) is 0 Å². The zero-order valence-corrected chi connectivity index (χ0v) is 7.51. The summed E-state index contributed by atoms with van der Waals surface area (Å²) in [5.41, 5.74) is -0.0962. The van der Waals surface area contributed by atoms with Gasteiger partial charge < -0.3 is 9.84 Å². The first-order valence-corrected chi connectivity index (χ1v) is 4.04. The van der Waals surface area contributed by atoms with Crippen LogP contribution in [-0.2, 0) is 0 Å². The maximum Gasteiger partial charge on any atom is 0.356 e. The molecular formula is C9H10N2O3. The van der Waals surface area contributed by atoms with Crippen molar-refractivity contribution in [2.24, 2.45) is 0 Å². The number of hydrogen-bond acceptors (Lipinski definition) is 4. The van der Waals surface area contributed by atoms with E-state index in [-0.39, 0.29) is 5.69 Å². The molecule has 0 spiro atoms. The largest absolute Gasteiger partial charge is 0.476 e. The van der Waals surface area contributed by atoms with Crippen LogP contribution in [0, 0.1) is 0 Å². The van der Waals surface area contributed by atoms with Gasteiger partial charge in [-0.2, -0.15) is 0 Å². The highest BCUT2D eigenvalue weighted by molar-refractivity contribution is 5.84. The molecule has 0 aliphatic carbocycles. The van der Waals surface area contributed by atoms with Crippen molar-refractivity contribution in [3.63, 3.8) is 0 Å². The number of ether oxygens (including phenoxy) is 1. The first-order valence-electron chi connectivity index (χ1n) is 4.04. The van der Waals surface area contributed by atoms with Gasteiger partial charge in [-0.3, -0.25) is 0 Å². The number of rotatable bonds is 5. The first kappa shape index (κ1) is 10.2. The van der Waals surface area contributed by atoms with E-state index in [0.717, 1.165) is 0 Å². The average Bonchev–Trinajstić information content (AvgIpc) is 2.19. The Morgan fingerprint density at radius 3 is 2.86 bits per heavy atom. The maximum atomic E-state index is 10.4. The van der Waals surface area contributed by atoms with Crippen molar-refractivity contribution in [1.29, 1.82) is 0 Å². The van der Waals surface area contributed by atoms with Crippen LogP contribution in [0.2, 0.25) is 0 Å². The lowest BCUT2D eigenvalue weighted by molar-refractivity contribution is 0.0689. The van der Waals surface area contributed by atoms with Gasteiger partial charge in [0, 0.05) is 6.07 Å². The fourth-order valence-electron chi connectivity index (χ4n) is 0.758. The van der Waals surface area contributed by atoms with Crippen molar-refractivity contribution in [3.05, 3.63) is 30.5 Å². The van der Waals surface area contributed by atoms with E-state index in [1.54, 1.807) is 6.08 Å². The van der Waals surface area contributed by atoms with E-state index in [4.69, 9.17) is 9.84 Å². The fourth-order valence-corrected chi connectivity index (χ4v) is 0.758. The van der Waals surface area contributed by atoms with E-state index >= 15 is 0 Å². The van der Waals surface area contributed by atoms with Crippen molar-refractivity contribution in [3.8, 4) is 5.88 Å². The number of aromatic carboxylic acids is 1. The number of carboxylic acids is 1. The number of carbonyl (C=O) groups is 1. The third-order valence-electron chi connectivity index (χ3n) is 1.43. The Hall–Kier alpha value is -1.91. The van der Waals surface area contributed by atoms with E-state index in [0.29, 0.717) is 18.9 Å². The predicted octanol–water partition coefficient (Wildman–Crippen LogP) is 1.13. The molecule has 5 heteroatoms. The molecular weight excluding hydrogens is 184 g/mol. The molecule has 0 aliphatic heterocycles. The molecule has 0 aromatic carbocycles. The molecule has 5 nitrogen and oxygen atoms in total. The van der Waals surface area contributed by atoms with Crippen LogP contribution in [0.1, 0.15) is 16.9 Å². The Kier molecular flexibility index (Phi) is 3.60. The number of aromatic nitrogens is 2. The second kappa shape index (κ2) is 4.96. The standard InChI is InChI=1S/C9H10N2O3/c1-2-3-6-14-8-5-4-7(9(12)13)10-11-8/h2,4-5H,1,3,6H2,(H,12,13). The molecule has 14 heavy (non-hydrogen) atoms. The van der Waals surface area contributed by atoms with Gasteiger partial charge in [-0.05, 0) is 12.5 Å². The van der Waals surface area contributed by atoms with Crippen LogP contribution in [-0.4, -0.2) is 27.9 Å². The summed E-state index contributed by atoms with van der Waals surface area (Å²) >= 11 is 0. The summed E-state index contributed by atoms with van der Waals surface area (Å²) in [6.07, 6.45) is 2.43. The van der Waals surface area contributed by atoms with Gasteiger partial charge >= 0.3 is 5.97 Å². The van der Waals surface area contributed by atoms with Gasteiger partial charge in [-0.15, -0.1) is 16.8 Å². The second-order valence-corrected chi connectivity index (χ2v) is 2.49. The second-order valence-electron chi connectivity index (χ2n) is 2.49. The average molecular weight is 194 g/mol. The molecule has 0 unspecified atom stereocenters. The molecule has 1 aromatic rings. The normalized spacial score (nSPS) is 9.43. The predicted molar refractivity (Wildman–Crippen MR) is 49.3 cm³/mol. The van der Waals surface area contributed by atoms with Gasteiger partial charge in [0.05, 0.1) is 6.61 Å². The highest BCUT2D eigenvalue weighted by Gasteiger charge is 2.04. The molecule has 0 fully saturated rings. The lowest BCUT2D eigenvalue weighted by Gasteiger charge is -2.01. The summed E-state index contributed by atoms with van der Waals surface area (Å²) in [6.45, 7) is 4.00. The molecule has 1 heterocycles. The summed E-state index contributed by atoms with van der Waals surface area (Å²) in [5, 5.41) is 15.6. The highest BCUT2D eigenvalue weighted by atomic mass is 16.5. The van der Waals surface area contributed by atoms with E-state index in [2.05, 4.69) is 16.8 Å². The summed E-state index contributed by atoms with van der Waals surface area (Å²) in [6, 6.07) is 2.82. The van der Waals surface area contributed by atoms with Crippen molar-refractivity contribution < 1.29 is 14.6 Å². The minimum atomic E-state index is -1.10. The monoisotopic (exact) mass is 194 g/mol. The quantitative estimate of drug-likeness (QED) is 0.561. The van der Waals surface area contributed by atoms with Crippen LogP contribution in [0.15, 0.2) is 24.8 Å². The molecule has 0 aliphatic rings. The number of carboxylic acid groups (broad SMARTS) is 1. The minimum absolute atomic E-state index is 0.0962.